The number of ketones is 1. The summed E-state index contributed by atoms with van der Waals surface area (Å²) in [4.78, 5) is 20.9. The summed E-state index contributed by atoms with van der Waals surface area (Å²) in [5.41, 5.74) is 4.61. The Morgan fingerprint density at radius 1 is 1.05 bits per heavy atom. The largest absolute Gasteiger partial charge is 0.294 e. The van der Waals surface area contributed by atoms with Crippen molar-refractivity contribution in [1.29, 1.82) is 0 Å². The van der Waals surface area contributed by atoms with Gasteiger partial charge in [0.2, 0.25) is 0 Å². The number of aromatic nitrogens is 1. The van der Waals surface area contributed by atoms with Gasteiger partial charge in [0.1, 0.15) is 0 Å². The lowest BCUT2D eigenvalue weighted by Crippen LogP contribution is -2.15. The van der Waals surface area contributed by atoms with Gasteiger partial charge in [-0.25, -0.2) is 9.98 Å². The third-order valence-electron chi connectivity index (χ3n) is 3.26. The van der Waals surface area contributed by atoms with Crippen LogP contribution in [0.3, 0.4) is 0 Å². The molecule has 0 radical (unpaired) electrons. The number of carbonyl (C=O) groups is 1. The number of pyridine rings is 1. The fourth-order valence-corrected chi connectivity index (χ4v) is 2.18. The van der Waals surface area contributed by atoms with Crippen molar-refractivity contribution in [1.82, 2.24) is 4.98 Å². The summed E-state index contributed by atoms with van der Waals surface area (Å²) in [6, 6.07) is 9.92. The number of rotatable bonds is 1. The zero-order chi connectivity index (χ0) is 13.4. The predicted octanol–water partition coefficient (Wildman–Crippen LogP) is 3.41. The van der Waals surface area contributed by atoms with E-state index in [4.69, 9.17) is 0 Å². The summed E-state index contributed by atoms with van der Waals surface area (Å²) in [7, 11) is 0. The molecule has 0 N–H and O–H groups in total. The highest BCUT2D eigenvalue weighted by atomic mass is 16.1. The highest BCUT2D eigenvalue weighted by molar-refractivity contribution is 6.20. The molecule has 0 fully saturated rings. The molecular formula is C16H14N2O. The van der Waals surface area contributed by atoms with Crippen molar-refractivity contribution < 1.29 is 4.79 Å². The van der Waals surface area contributed by atoms with Crippen molar-refractivity contribution >= 4 is 17.3 Å². The molecule has 0 unspecified atom stereocenters. The van der Waals surface area contributed by atoms with E-state index >= 15 is 0 Å². The standard InChI is InChI=1S/C16H14N2O/c1-10-3-5-12(6-4-10)14-8-15(19)13-7-11(2)9-17-16(13)18-14/h3-7,9H,8H2,1-2H3. The van der Waals surface area contributed by atoms with Crippen LogP contribution >= 0.6 is 0 Å². The van der Waals surface area contributed by atoms with Crippen LogP contribution in [0.2, 0.25) is 0 Å². The van der Waals surface area contributed by atoms with E-state index < -0.39 is 0 Å². The summed E-state index contributed by atoms with van der Waals surface area (Å²) in [5.74, 6) is 0.634. The van der Waals surface area contributed by atoms with Gasteiger partial charge < -0.3 is 0 Å². The van der Waals surface area contributed by atoms with Crippen molar-refractivity contribution in [2.75, 3.05) is 0 Å². The van der Waals surface area contributed by atoms with E-state index in [1.54, 1.807) is 6.20 Å². The third-order valence-corrected chi connectivity index (χ3v) is 3.26. The van der Waals surface area contributed by atoms with Crippen molar-refractivity contribution in [3.8, 4) is 0 Å². The Bertz CT molecular complexity index is 684. The van der Waals surface area contributed by atoms with E-state index in [1.165, 1.54) is 5.56 Å². The van der Waals surface area contributed by atoms with Crippen molar-refractivity contribution in [3.63, 3.8) is 0 Å². The number of aliphatic imine (C=N–C) groups is 1. The molecule has 0 saturated carbocycles. The number of fused-ring (bicyclic) bond motifs is 1. The monoisotopic (exact) mass is 250 g/mol. The summed E-state index contributed by atoms with van der Waals surface area (Å²) < 4.78 is 0. The molecule has 3 rings (SSSR count). The molecule has 0 spiro atoms. The average molecular weight is 250 g/mol. The van der Waals surface area contributed by atoms with Crippen LogP contribution in [-0.2, 0) is 0 Å². The fourth-order valence-electron chi connectivity index (χ4n) is 2.18. The number of benzene rings is 1. The first kappa shape index (κ1) is 11.8. The second-order valence-electron chi connectivity index (χ2n) is 4.91. The molecule has 0 saturated heterocycles. The lowest BCUT2D eigenvalue weighted by molar-refractivity contribution is 0.0999. The van der Waals surface area contributed by atoms with Crippen LogP contribution in [0.1, 0.15) is 33.5 Å². The molecule has 0 amide bonds. The third kappa shape index (κ3) is 2.19. The maximum absolute atomic E-state index is 12.2. The molecule has 3 nitrogen and oxygen atoms in total. The molecule has 1 aliphatic heterocycles. The Morgan fingerprint density at radius 2 is 1.79 bits per heavy atom. The van der Waals surface area contributed by atoms with Gasteiger partial charge in [-0.15, -0.1) is 0 Å². The van der Waals surface area contributed by atoms with E-state index in [1.807, 2.05) is 44.2 Å². The number of nitrogens with zero attached hydrogens (tertiary/aromatic N) is 2. The highest BCUT2D eigenvalue weighted by Gasteiger charge is 2.21. The molecular weight excluding hydrogens is 236 g/mol. The zero-order valence-corrected chi connectivity index (χ0v) is 11.0. The minimum Gasteiger partial charge on any atom is -0.294 e. The Balaban J connectivity index is 2.08. The normalized spacial score (nSPS) is 14.0. The van der Waals surface area contributed by atoms with Gasteiger partial charge in [0.05, 0.1) is 17.7 Å². The number of hydrogen-bond donors (Lipinski definition) is 0. The van der Waals surface area contributed by atoms with Crippen LogP contribution in [0.4, 0.5) is 5.82 Å². The molecule has 2 aromatic rings. The summed E-state index contributed by atoms with van der Waals surface area (Å²) in [5, 5.41) is 0. The molecule has 0 aliphatic carbocycles. The van der Waals surface area contributed by atoms with E-state index in [2.05, 4.69) is 9.98 Å². The number of Topliss-reactive ketones (excluding diaryl/α,β-unsaturated/α-hetero) is 1. The van der Waals surface area contributed by atoms with Gasteiger partial charge in [-0.3, -0.25) is 4.79 Å². The van der Waals surface area contributed by atoms with Gasteiger partial charge >= 0.3 is 0 Å². The van der Waals surface area contributed by atoms with E-state index in [-0.39, 0.29) is 5.78 Å². The minimum atomic E-state index is 0.0942. The quantitative estimate of drug-likeness (QED) is 0.778. The Hall–Kier alpha value is -2.29. The first-order valence-electron chi connectivity index (χ1n) is 6.28. The van der Waals surface area contributed by atoms with E-state index in [0.717, 1.165) is 16.8 Å². The Labute approximate surface area is 112 Å². The van der Waals surface area contributed by atoms with E-state index in [0.29, 0.717) is 17.8 Å². The molecule has 1 aromatic carbocycles. The summed E-state index contributed by atoms with van der Waals surface area (Å²) >= 11 is 0. The van der Waals surface area contributed by atoms with Crippen LogP contribution in [0.5, 0.6) is 0 Å². The maximum Gasteiger partial charge on any atom is 0.172 e. The van der Waals surface area contributed by atoms with Gasteiger partial charge in [-0.1, -0.05) is 29.8 Å². The lowest BCUT2D eigenvalue weighted by Gasteiger charge is -2.14. The number of carbonyl (C=O) groups excluding carboxylic acids is 1. The first-order chi connectivity index (χ1) is 9.13. The molecule has 0 bridgehead atoms. The molecule has 1 aromatic heterocycles. The molecule has 19 heavy (non-hydrogen) atoms. The lowest BCUT2D eigenvalue weighted by atomic mass is 9.97. The van der Waals surface area contributed by atoms with Crippen LogP contribution in [0.25, 0.3) is 0 Å². The van der Waals surface area contributed by atoms with Crippen molar-refractivity contribution in [3.05, 3.63) is 58.8 Å². The number of aryl methyl sites for hydroxylation is 2. The Kier molecular flexibility index (Phi) is 2.75. The van der Waals surface area contributed by atoms with Crippen LogP contribution in [0, 0.1) is 13.8 Å². The molecule has 0 atom stereocenters. The average Bonchev–Trinajstić information content (AvgIpc) is 2.40. The molecule has 3 heteroatoms. The van der Waals surface area contributed by atoms with Gasteiger partial charge in [0, 0.05) is 6.20 Å². The molecule has 94 valence electrons. The van der Waals surface area contributed by atoms with Gasteiger partial charge in [-0.2, -0.15) is 0 Å². The number of hydrogen-bond acceptors (Lipinski definition) is 3. The Morgan fingerprint density at radius 3 is 2.53 bits per heavy atom. The van der Waals surface area contributed by atoms with Gasteiger partial charge in [-0.05, 0) is 31.0 Å². The van der Waals surface area contributed by atoms with Crippen LogP contribution < -0.4 is 0 Å². The summed E-state index contributed by atoms with van der Waals surface area (Å²) in [6.45, 7) is 3.97. The van der Waals surface area contributed by atoms with Crippen LogP contribution in [-0.4, -0.2) is 16.5 Å². The topological polar surface area (TPSA) is 42.3 Å². The SMILES string of the molecule is Cc1ccc(C2=Nc3ncc(C)cc3C(=O)C2)cc1. The van der Waals surface area contributed by atoms with Crippen molar-refractivity contribution in [2.24, 2.45) is 4.99 Å². The fraction of sp³-hybridized carbons (Fsp3) is 0.188. The smallest absolute Gasteiger partial charge is 0.172 e. The summed E-state index contributed by atoms with van der Waals surface area (Å²) in [6.07, 6.45) is 2.09. The first-order valence-corrected chi connectivity index (χ1v) is 6.28. The van der Waals surface area contributed by atoms with E-state index in [9.17, 15) is 4.79 Å². The maximum atomic E-state index is 12.2. The predicted molar refractivity (Wildman–Crippen MR) is 75.3 cm³/mol. The minimum absolute atomic E-state index is 0.0942. The molecule has 1 aliphatic rings. The molecule has 2 heterocycles. The van der Waals surface area contributed by atoms with Gasteiger partial charge in [0.25, 0.3) is 0 Å². The second-order valence-corrected chi connectivity index (χ2v) is 4.91. The zero-order valence-electron chi connectivity index (χ0n) is 11.0. The highest BCUT2D eigenvalue weighted by Crippen LogP contribution is 2.26. The second kappa shape index (κ2) is 4.43. The van der Waals surface area contributed by atoms with Gasteiger partial charge in [0.15, 0.2) is 11.6 Å². The van der Waals surface area contributed by atoms with Crippen LogP contribution in [0.15, 0.2) is 41.5 Å². The van der Waals surface area contributed by atoms with Crippen molar-refractivity contribution in [2.45, 2.75) is 20.3 Å².